The van der Waals surface area contributed by atoms with Crippen LogP contribution in [0.25, 0.3) is 0 Å². The fourth-order valence-electron chi connectivity index (χ4n) is 0.945. The highest BCUT2D eigenvalue weighted by Gasteiger charge is 2.14. The van der Waals surface area contributed by atoms with E-state index in [4.69, 9.17) is 11.6 Å². The van der Waals surface area contributed by atoms with E-state index in [0.29, 0.717) is 0 Å². The molecule has 1 aromatic rings. The molecule has 0 N–H and O–H groups in total. The molecular weight excluding hydrogens is 230 g/mol. The second-order valence-corrected chi connectivity index (χ2v) is 3.88. The Bertz CT molecular complexity index is 368. The number of rotatable bonds is 3. The van der Waals surface area contributed by atoms with E-state index < -0.39 is 17.4 Å². The number of halogens is 3. The first-order valence-electron chi connectivity index (χ1n) is 3.73. The van der Waals surface area contributed by atoms with Gasteiger partial charge in [0.25, 0.3) is 0 Å². The van der Waals surface area contributed by atoms with E-state index in [1.165, 1.54) is 11.8 Å². The van der Waals surface area contributed by atoms with Crippen molar-refractivity contribution in [1.29, 1.82) is 0 Å². The second-order valence-electron chi connectivity index (χ2n) is 2.60. The van der Waals surface area contributed by atoms with Crippen LogP contribution in [0.15, 0.2) is 12.1 Å². The minimum atomic E-state index is -0.782. The Kier molecular flexibility index (Phi) is 3.89. The first-order valence-corrected chi connectivity index (χ1v) is 5.50. The molecule has 0 aliphatic rings. The summed E-state index contributed by atoms with van der Waals surface area (Å²) in [5.74, 6) is -1.88. The molecule has 0 aromatic heterocycles. The topological polar surface area (TPSA) is 17.1 Å². The molecule has 5 heteroatoms. The zero-order chi connectivity index (χ0) is 10.7. The van der Waals surface area contributed by atoms with Crippen LogP contribution in [0.4, 0.5) is 8.78 Å². The van der Waals surface area contributed by atoms with Crippen molar-refractivity contribution in [2.24, 2.45) is 0 Å². The molecule has 0 aliphatic carbocycles. The highest BCUT2D eigenvalue weighted by atomic mass is 35.5. The fraction of sp³-hybridized carbons (Fsp3) is 0.222. The number of thioether (sulfide) groups is 1. The third-order valence-corrected chi connectivity index (χ3v) is 2.43. The molecule has 0 bridgehead atoms. The van der Waals surface area contributed by atoms with E-state index in [1.54, 1.807) is 6.26 Å². The van der Waals surface area contributed by atoms with Crippen molar-refractivity contribution in [3.63, 3.8) is 0 Å². The van der Waals surface area contributed by atoms with Gasteiger partial charge in [0.2, 0.25) is 0 Å². The van der Waals surface area contributed by atoms with Crippen LogP contribution in [0.1, 0.15) is 10.4 Å². The Morgan fingerprint density at radius 2 is 2.07 bits per heavy atom. The standard InChI is InChI=1S/C9H7ClF2OS/c1-14-4-9(13)5-2-8(12)6(10)3-7(5)11/h2-3H,4H2,1H3. The molecule has 0 atom stereocenters. The van der Waals surface area contributed by atoms with Crippen LogP contribution < -0.4 is 0 Å². The van der Waals surface area contributed by atoms with Crippen LogP contribution in [0.2, 0.25) is 5.02 Å². The van der Waals surface area contributed by atoms with E-state index >= 15 is 0 Å². The number of Topliss-reactive ketones (excluding diaryl/α,β-unsaturated/α-hetero) is 1. The number of hydrogen-bond acceptors (Lipinski definition) is 2. The van der Waals surface area contributed by atoms with E-state index in [0.717, 1.165) is 12.1 Å². The Hall–Kier alpha value is -0.610. The average molecular weight is 237 g/mol. The van der Waals surface area contributed by atoms with Gasteiger partial charge in [-0.25, -0.2) is 8.78 Å². The summed E-state index contributed by atoms with van der Waals surface area (Å²) < 4.78 is 26.0. The largest absolute Gasteiger partial charge is 0.293 e. The fourth-order valence-corrected chi connectivity index (χ4v) is 1.51. The van der Waals surface area contributed by atoms with Gasteiger partial charge in [-0.2, -0.15) is 11.8 Å². The number of carbonyl (C=O) groups is 1. The van der Waals surface area contributed by atoms with E-state index in [9.17, 15) is 13.6 Å². The predicted molar refractivity (Wildman–Crippen MR) is 54.1 cm³/mol. The van der Waals surface area contributed by atoms with Crippen LogP contribution in [0, 0.1) is 11.6 Å². The molecule has 1 nitrogen and oxygen atoms in total. The summed E-state index contributed by atoms with van der Waals surface area (Å²) in [5, 5.41) is -0.316. The molecule has 76 valence electrons. The Morgan fingerprint density at radius 3 is 2.64 bits per heavy atom. The Morgan fingerprint density at radius 1 is 1.43 bits per heavy atom. The van der Waals surface area contributed by atoms with Crippen LogP contribution in [-0.4, -0.2) is 17.8 Å². The van der Waals surface area contributed by atoms with Gasteiger partial charge in [0.1, 0.15) is 11.6 Å². The number of carbonyl (C=O) groups excluding carboxylic acids is 1. The van der Waals surface area contributed by atoms with E-state index in [1.807, 2.05) is 0 Å². The molecule has 0 radical (unpaired) electrons. The number of benzene rings is 1. The predicted octanol–water partition coefficient (Wildman–Crippen LogP) is 3.16. The lowest BCUT2D eigenvalue weighted by molar-refractivity contribution is 0.101. The van der Waals surface area contributed by atoms with Gasteiger partial charge >= 0.3 is 0 Å². The summed E-state index contributed by atoms with van der Waals surface area (Å²) in [6, 6.07) is 1.64. The number of ketones is 1. The molecule has 0 spiro atoms. The molecule has 0 saturated heterocycles. The summed E-state index contributed by atoms with van der Waals surface area (Å²) in [6.07, 6.45) is 1.71. The summed E-state index contributed by atoms with van der Waals surface area (Å²) >= 11 is 6.59. The summed E-state index contributed by atoms with van der Waals surface area (Å²) in [6.45, 7) is 0. The molecule has 14 heavy (non-hydrogen) atoms. The van der Waals surface area contributed by atoms with Crippen LogP contribution in [0.5, 0.6) is 0 Å². The van der Waals surface area contributed by atoms with Crippen molar-refractivity contribution in [1.82, 2.24) is 0 Å². The quantitative estimate of drug-likeness (QED) is 0.592. The zero-order valence-corrected chi connectivity index (χ0v) is 8.88. The monoisotopic (exact) mass is 236 g/mol. The maximum Gasteiger partial charge on any atom is 0.175 e. The Balaban J connectivity index is 3.09. The van der Waals surface area contributed by atoms with Crippen molar-refractivity contribution < 1.29 is 13.6 Å². The molecule has 0 heterocycles. The third-order valence-electron chi connectivity index (χ3n) is 1.59. The molecular formula is C9H7ClF2OS. The van der Waals surface area contributed by atoms with Crippen LogP contribution in [0.3, 0.4) is 0 Å². The molecule has 0 aliphatic heterocycles. The average Bonchev–Trinajstić information content (AvgIpc) is 2.11. The smallest absolute Gasteiger partial charge is 0.175 e. The molecule has 1 rings (SSSR count). The molecule has 0 amide bonds. The minimum Gasteiger partial charge on any atom is -0.293 e. The van der Waals surface area contributed by atoms with Crippen LogP contribution >= 0.6 is 23.4 Å². The Labute approximate surface area is 89.4 Å². The third kappa shape index (κ3) is 2.45. The molecule has 0 fully saturated rings. The number of hydrogen-bond donors (Lipinski definition) is 0. The molecule has 0 unspecified atom stereocenters. The van der Waals surface area contributed by atoms with Crippen molar-refractivity contribution in [2.75, 3.05) is 12.0 Å². The minimum absolute atomic E-state index is 0.123. The highest BCUT2D eigenvalue weighted by Crippen LogP contribution is 2.20. The highest BCUT2D eigenvalue weighted by molar-refractivity contribution is 7.99. The first kappa shape index (κ1) is 11.5. The van der Waals surface area contributed by atoms with Crippen molar-refractivity contribution >= 4 is 29.1 Å². The lowest BCUT2D eigenvalue weighted by Gasteiger charge is -2.02. The van der Waals surface area contributed by atoms with Gasteiger partial charge < -0.3 is 0 Å². The maximum atomic E-state index is 13.1. The zero-order valence-electron chi connectivity index (χ0n) is 7.31. The van der Waals surface area contributed by atoms with Crippen molar-refractivity contribution in [2.45, 2.75) is 0 Å². The summed E-state index contributed by atoms with van der Waals surface area (Å²) in [4.78, 5) is 11.3. The lowest BCUT2D eigenvalue weighted by atomic mass is 10.1. The van der Waals surface area contributed by atoms with Gasteiger partial charge in [0.05, 0.1) is 16.3 Å². The summed E-state index contributed by atoms with van der Waals surface area (Å²) in [5.41, 5.74) is -0.249. The van der Waals surface area contributed by atoms with E-state index in [2.05, 4.69) is 0 Å². The SMILES string of the molecule is CSCC(=O)c1cc(F)c(Cl)cc1F. The van der Waals surface area contributed by atoms with Crippen molar-refractivity contribution in [3.8, 4) is 0 Å². The van der Waals surface area contributed by atoms with Gasteiger partial charge in [-0.15, -0.1) is 0 Å². The lowest BCUT2D eigenvalue weighted by Crippen LogP contribution is -2.05. The van der Waals surface area contributed by atoms with E-state index in [-0.39, 0.29) is 16.3 Å². The first-order chi connectivity index (χ1) is 6.56. The van der Waals surface area contributed by atoms with Crippen molar-refractivity contribution in [3.05, 3.63) is 34.4 Å². The maximum absolute atomic E-state index is 13.1. The van der Waals surface area contributed by atoms with Gasteiger partial charge in [0.15, 0.2) is 5.78 Å². The van der Waals surface area contributed by atoms with Gasteiger partial charge in [-0.1, -0.05) is 11.6 Å². The normalized spacial score (nSPS) is 10.3. The van der Waals surface area contributed by atoms with Gasteiger partial charge in [-0.05, 0) is 18.4 Å². The summed E-state index contributed by atoms with van der Waals surface area (Å²) in [7, 11) is 0. The van der Waals surface area contributed by atoms with Crippen LogP contribution in [-0.2, 0) is 0 Å². The molecule has 0 saturated carbocycles. The van der Waals surface area contributed by atoms with Gasteiger partial charge in [-0.3, -0.25) is 4.79 Å². The molecule has 1 aromatic carbocycles. The van der Waals surface area contributed by atoms with Gasteiger partial charge in [0, 0.05) is 0 Å². The second kappa shape index (κ2) is 4.75.